The van der Waals surface area contributed by atoms with Crippen LogP contribution in [0.5, 0.6) is 0 Å². The van der Waals surface area contributed by atoms with E-state index in [9.17, 15) is 4.79 Å². The molecular formula is C16H14IN3O. The average molecular weight is 391 g/mol. The molecule has 0 saturated carbocycles. The van der Waals surface area contributed by atoms with Gasteiger partial charge < -0.3 is 10.3 Å². The minimum Gasteiger partial charge on any atom is -0.358 e. The van der Waals surface area contributed by atoms with E-state index in [0.29, 0.717) is 11.4 Å². The standard InChI is InChI=1S/C16H14IN3O/c1-9-10(2)19-14-5-3-11(7-13(9)14)16(21)20-15-6-4-12(17)8-18-15/h3-8,19H,1-2H3,(H,18,20,21). The molecule has 2 N–H and O–H groups in total. The number of hydrogen-bond acceptors (Lipinski definition) is 2. The molecule has 21 heavy (non-hydrogen) atoms. The summed E-state index contributed by atoms with van der Waals surface area (Å²) < 4.78 is 1.03. The monoisotopic (exact) mass is 391 g/mol. The van der Waals surface area contributed by atoms with Crippen LogP contribution in [0.25, 0.3) is 10.9 Å². The summed E-state index contributed by atoms with van der Waals surface area (Å²) in [6, 6.07) is 9.37. The number of aromatic amines is 1. The lowest BCUT2D eigenvalue weighted by atomic mass is 10.1. The molecule has 0 aliphatic rings. The first-order valence-electron chi connectivity index (χ1n) is 6.56. The first-order valence-corrected chi connectivity index (χ1v) is 7.64. The maximum Gasteiger partial charge on any atom is 0.256 e. The predicted molar refractivity (Wildman–Crippen MR) is 92.7 cm³/mol. The highest BCUT2D eigenvalue weighted by atomic mass is 127. The number of carbonyl (C=O) groups excluding carboxylic acids is 1. The van der Waals surface area contributed by atoms with Crippen molar-refractivity contribution in [3.8, 4) is 0 Å². The number of fused-ring (bicyclic) bond motifs is 1. The Kier molecular flexibility index (Phi) is 3.67. The van der Waals surface area contributed by atoms with Gasteiger partial charge in [0.1, 0.15) is 5.82 Å². The lowest BCUT2D eigenvalue weighted by molar-refractivity contribution is 0.102. The normalized spacial score (nSPS) is 10.8. The number of carbonyl (C=O) groups is 1. The molecule has 0 saturated heterocycles. The van der Waals surface area contributed by atoms with Gasteiger partial charge in [0.2, 0.25) is 0 Å². The van der Waals surface area contributed by atoms with Crippen molar-refractivity contribution in [1.29, 1.82) is 0 Å². The van der Waals surface area contributed by atoms with Crippen molar-refractivity contribution in [1.82, 2.24) is 9.97 Å². The second kappa shape index (κ2) is 5.48. The number of rotatable bonds is 2. The van der Waals surface area contributed by atoms with Gasteiger partial charge in [0.15, 0.2) is 0 Å². The highest BCUT2D eigenvalue weighted by Crippen LogP contribution is 2.22. The zero-order valence-electron chi connectivity index (χ0n) is 11.7. The summed E-state index contributed by atoms with van der Waals surface area (Å²) in [5, 5.41) is 3.89. The SMILES string of the molecule is Cc1[nH]c2ccc(C(=O)Nc3ccc(I)cn3)cc2c1C. The summed E-state index contributed by atoms with van der Waals surface area (Å²) >= 11 is 2.18. The Morgan fingerprint density at radius 1 is 1.24 bits per heavy atom. The summed E-state index contributed by atoms with van der Waals surface area (Å²) in [5.41, 5.74) is 3.98. The molecule has 1 amide bonds. The van der Waals surface area contributed by atoms with Crippen LogP contribution in [0, 0.1) is 17.4 Å². The molecule has 3 rings (SSSR count). The van der Waals surface area contributed by atoms with Gasteiger partial charge in [0.25, 0.3) is 5.91 Å². The van der Waals surface area contributed by atoms with Gasteiger partial charge in [-0.05, 0) is 72.3 Å². The van der Waals surface area contributed by atoms with Crippen molar-refractivity contribution in [2.75, 3.05) is 5.32 Å². The zero-order valence-corrected chi connectivity index (χ0v) is 13.9. The zero-order chi connectivity index (χ0) is 15.0. The quantitative estimate of drug-likeness (QED) is 0.648. The molecule has 3 aromatic rings. The maximum atomic E-state index is 12.3. The summed E-state index contributed by atoms with van der Waals surface area (Å²) in [6.07, 6.45) is 1.72. The van der Waals surface area contributed by atoms with Crippen LogP contribution in [0.3, 0.4) is 0 Å². The van der Waals surface area contributed by atoms with E-state index in [2.05, 4.69) is 44.8 Å². The van der Waals surface area contributed by atoms with Crippen LogP contribution >= 0.6 is 22.6 Å². The molecule has 5 heteroatoms. The third kappa shape index (κ3) is 2.78. The number of amides is 1. The lowest BCUT2D eigenvalue weighted by Crippen LogP contribution is -2.12. The Morgan fingerprint density at radius 3 is 2.76 bits per heavy atom. The lowest BCUT2D eigenvalue weighted by Gasteiger charge is -2.05. The number of halogens is 1. The number of aryl methyl sites for hydroxylation is 2. The maximum absolute atomic E-state index is 12.3. The predicted octanol–water partition coefficient (Wildman–Crippen LogP) is 4.04. The van der Waals surface area contributed by atoms with Crippen molar-refractivity contribution in [3.63, 3.8) is 0 Å². The van der Waals surface area contributed by atoms with Crippen molar-refractivity contribution in [3.05, 3.63) is 56.9 Å². The fraction of sp³-hybridized carbons (Fsp3) is 0.125. The van der Waals surface area contributed by atoms with Crippen LogP contribution in [0.15, 0.2) is 36.5 Å². The molecule has 0 aliphatic carbocycles. The van der Waals surface area contributed by atoms with E-state index in [4.69, 9.17) is 0 Å². The molecule has 0 bridgehead atoms. The Labute approximate surface area is 136 Å². The van der Waals surface area contributed by atoms with Gasteiger partial charge in [0.05, 0.1) is 0 Å². The minimum atomic E-state index is -0.149. The third-order valence-electron chi connectivity index (χ3n) is 3.54. The van der Waals surface area contributed by atoms with Gasteiger partial charge >= 0.3 is 0 Å². The Balaban J connectivity index is 1.90. The first kappa shape index (κ1) is 14.1. The Bertz CT molecular complexity index is 821. The van der Waals surface area contributed by atoms with Crippen LogP contribution in [0.4, 0.5) is 5.82 Å². The number of H-pyrrole nitrogens is 1. The van der Waals surface area contributed by atoms with Gasteiger partial charge in [-0.25, -0.2) is 4.98 Å². The number of anilines is 1. The van der Waals surface area contributed by atoms with Crippen molar-refractivity contribution < 1.29 is 4.79 Å². The molecule has 0 fully saturated rings. The fourth-order valence-corrected chi connectivity index (χ4v) is 2.56. The number of benzene rings is 1. The van der Waals surface area contributed by atoms with Crippen LogP contribution in [-0.4, -0.2) is 15.9 Å². The summed E-state index contributed by atoms with van der Waals surface area (Å²) in [4.78, 5) is 19.8. The van der Waals surface area contributed by atoms with Crippen LogP contribution in [-0.2, 0) is 0 Å². The van der Waals surface area contributed by atoms with Gasteiger partial charge in [-0.15, -0.1) is 0 Å². The molecule has 0 atom stereocenters. The highest BCUT2D eigenvalue weighted by molar-refractivity contribution is 14.1. The second-order valence-electron chi connectivity index (χ2n) is 4.95. The van der Waals surface area contributed by atoms with Crippen molar-refractivity contribution in [2.45, 2.75) is 13.8 Å². The van der Waals surface area contributed by atoms with Crippen molar-refractivity contribution in [2.24, 2.45) is 0 Å². The third-order valence-corrected chi connectivity index (χ3v) is 4.18. The molecule has 0 unspecified atom stereocenters. The van der Waals surface area contributed by atoms with E-state index in [0.717, 1.165) is 20.2 Å². The summed E-state index contributed by atoms with van der Waals surface area (Å²) in [6.45, 7) is 4.08. The first-order chi connectivity index (χ1) is 10.0. The number of nitrogens with one attached hydrogen (secondary N) is 2. The number of nitrogens with zero attached hydrogens (tertiary/aromatic N) is 1. The van der Waals surface area contributed by atoms with E-state index in [1.54, 1.807) is 12.3 Å². The van der Waals surface area contributed by atoms with E-state index in [-0.39, 0.29) is 5.91 Å². The summed E-state index contributed by atoms with van der Waals surface area (Å²) in [7, 11) is 0. The molecular weight excluding hydrogens is 377 g/mol. The van der Waals surface area contributed by atoms with Crippen molar-refractivity contribution >= 4 is 45.2 Å². The summed E-state index contributed by atoms with van der Waals surface area (Å²) in [5.74, 6) is 0.409. The van der Waals surface area contributed by atoms with E-state index in [1.165, 1.54) is 5.56 Å². The average Bonchev–Trinajstić information content (AvgIpc) is 2.76. The molecule has 106 valence electrons. The minimum absolute atomic E-state index is 0.149. The van der Waals surface area contributed by atoms with Gasteiger partial charge in [-0.2, -0.15) is 0 Å². The smallest absolute Gasteiger partial charge is 0.256 e. The molecule has 0 radical (unpaired) electrons. The Hall–Kier alpha value is -1.89. The topological polar surface area (TPSA) is 57.8 Å². The fourth-order valence-electron chi connectivity index (χ4n) is 2.24. The number of hydrogen-bond donors (Lipinski definition) is 2. The molecule has 4 nitrogen and oxygen atoms in total. The molecule has 0 spiro atoms. The molecule has 1 aromatic carbocycles. The molecule has 0 aliphatic heterocycles. The largest absolute Gasteiger partial charge is 0.358 e. The second-order valence-corrected chi connectivity index (χ2v) is 6.20. The van der Waals surface area contributed by atoms with Crippen LogP contribution in [0.2, 0.25) is 0 Å². The van der Waals surface area contributed by atoms with Gasteiger partial charge in [-0.3, -0.25) is 4.79 Å². The van der Waals surface area contributed by atoms with E-state index in [1.807, 2.05) is 31.2 Å². The molecule has 2 heterocycles. The van der Waals surface area contributed by atoms with Gasteiger partial charge in [-0.1, -0.05) is 0 Å². The van der Waals surface area contributed by atoms with Gasteiger partial charge in [0, 0.05) is 31.9 Å². The number of pyridine rings is 1. The number of aromatic nitrogens is 2. The van der Waals surface area contributed by atoms with E-state index >= 15 is 0 Å². The highest BCUT2D eigenvalue weighted by Gasteiger charge is 2.10. The van der Waals surface area contributed by atoms with Crippen LogP contribution < -0.4 is 5.32 Å². The van der Waals surface area contributed by atoms with Crippen LogP contribution in [0.1, 0.15) is 21.6 Å². The molecule has 2 aromatic heterocycles. The van der Waals surface area contributed by atoms with E-state index < -0.39 is 0 Å². The Morgan fingerprint density at radius 2 is 2.05 bits per heavy atom.